The number of benzene rings is 2. The van der Waals surface area contributed by atoms with Crippen LogP contribution in [0.5, 0.6) is 0 Å². The summed E-state index contributed by atoms with van der Waals surface area (Å²) in [6, 6.07) is 5.18. The van der Waals surface area contributed by atoms with Crippen molar-refractivity contribution >= 4 is 61.4 Å². The van der Waals surface area contributed by atoms with Gasteiger partial charge in [0.1, 0.15) is 12.0 Å². The van der Waals surface area contributed by atoms with Crippen LogP contribution in [0, 0.1) is 5.82 Å². The number of anilines is 3. The number of nitrogens with zero attached hydrogens (tertiary/aromatic N) is 3. The molecule has 0 spiro atoms. The van der Waals surface area contributed by atoms with Gasteiger partial charge >= 0.3 is 10.2 Å². The van der Waals surface area contributed by atoms with Crippen molar-refractivity contribution in [1.82, 2.24) is 13.9 Å². The lowest BCUT2D eigenvalue weighted by Gasteiger charge is -2.33. The number of aromatic nitrogens is 2. The molecule has 0 aliphatic carbocycles. The molecule has 1 aromatic heterocycles. The predicted molar refractivity (Wildman–Crippen MR) is 116 cm³/mol. The monoisotopic (exact) mass is 489 g/mol. The number of halogens is 4. The third-order valence-electron chi connectivity index (χ3n) is 4.76. The van der Waals surface area contributed by atoms with Crippen molar-refractivity contribution in [3.05, 3.63) is 56.8 Å². The van der Waals surface area contributed by atoms with Crippen molar-refractivity contribution in [3.8, 4) is 0 Å². The summed E-state index contributed by atoms with van der Waals surface area (Å²) in [5.41, 5.74) is -0.235. The van der Waals surface area contributed by atoms with E-state index in [1.807, 2.05) is 0 Å². The highest BCUT2D eigenvalue weighted by Crippen LogP contribution is 2.38. The molecule has 1 aliphatic heterocycles. The molecule has 1 fully saturated rings. The highest BCUT2D eigenvalue weighted by molar-refractivity contribution is 7.90. The van der Waals surface area contributed by atoms with Crippen molar-refractivity contribution < 1.29 is 17.2 Å². The zero-order chi connectivity index (χ0) is 22.5. The highest BCUT2D eigenvalue weighted by Gasteiger charge is 2.36. The van der Waals surface area contributed by atoms with E-state index in [0.29, 0.717) is 5.52 Å². The van der Waals surface area contributed by atoms with Crippen LogP contribution in [0.15, 0.2) is 35.4 Å². The van der Waals surface area contributed by atoms with E-state index in [-0.39, 0.29) is 45.6 Å². The highest BCUT2D eigenvalue weighted by atomic mass is 35.5. The number of alkyl halides is 1. The zero-order valence-corrected chi connectivity index (χ0v) is 18.2. The average molecular weight is 490 g/mol. The molecule has 0 amide bonds. The Morgan fingerprint density at radius 2 is 1.81 bits per heavy atom. The van der Waals surface area contributed by atoms with Crippen LogP contribution in [0.25, 0.3) is 10.9 Å². The fourth-order valence-electron chi connectivity index (χ4n) is 3.02. The lowest BCUT2D eigenvalue weighted by Crippen LogP contribution is -2.53. The Morgan fingerprint density at radius 1 is 1.13 bits per heavy atom. The van der Waals surface area contributed by atoms with Gasteiger partial charge in [-0.1, -0.05) is 23.2 Å². The second-order valence-corrected chi connectivity index (χ2v) is 9.34. The fourth-order valence-corrected chi connectivity index (χ4v) is 4.90. The Bertz CT molecular complexity index is 1360. The van der Waals surface area contributed by atoms with Crippen LogP contribution < -0.4 is 15.6 Å². The van der Waals surface area contributed by atoms with E-state index >= 15 is 0 Å². The largest absolute Gasteiger partial charge is 0.351 e. The molecule has 164 valence electrons. The molecule has 0 radical (unpaired) electrons. The molecule has 0 bridgehead atoms. The van der Waals surface area contributed by atoms with Gasteiger partial charge in [0.05, 0.1) is 44.3 Å². The number of hydrogen-bond acceptors (Lipinski definition) is 5. The van der Waals surface area contributed by atoms with Crippen molar-refractivity contribution in [2.45, 2.75) is 6.17 Å². The standard InChI is InChI=1S/C18H15Cl2F2N5O3S/c1-26-8-23-11-4-5-12(15(19)14(11)18(26)28)24-17-10(22)2-3-13(16(17)20)25-31(29,30)27-6-9(21)7-27/h2-5,8-9,24-25H,6-7H2,1H3. The molecule has 2 N–H and O–H groups in total. The van der Waals surface area contributed by atoms with Crippen LogP contribution in [0.4, 0.5) is 25.8 Å². The molecule has 3 aromatic rings. The first-order chi connectivity index (χ1) is 14.6. The molecule has 2 heterocycles. The number of hydrogen-bond donors (Lipinski definition) is 2. The van der Waals surface area contributed by atoms with Crippen molar-refractivity contribution in [2.24, 2.45) is 7.05 Å². The number of nitrogens with one attached hydrogen (secondary N) is 2. The molecule has 13 heteroatoms. The number of rotatable bonds is 5. The summed E-state index contributed by atoms with van der Waals surface area (Å²) in [5, 5.41) is 2.58. The molecule has 1 saturated heterocycles. The second-order valence-electron chi connectivity index (χ2n) is 6.91. The molecule has 0 saturated carbocycles. The molecule has 31 heavy (non-hydrogen) atoms. The Morgan fingerprint density at radius 3 is 2.48 bits per heavy atom. The van der Waals surface area contributed by atoms with Gasteiger partial charge in [-0.2, -0.15) is 12.7 Å². The minimum Gasteiger partial charge on any atom is -0.351 e. The van der Waals surface area contributed by atoms with Gasteiger partial charge in [0.2, 0.25) is 0 Å². The average Bonchev–Trinajstić information content (AvgIpc) is 2.69. The van der Waals surface area contributed by atoms with Crippen LogP contribution in [0.2, 0.25) is 10.0 Å². The molecule has 4 rings (SSSR count). The smallest absolute Gasteiger partial charge is 0.301 e. The first-order valence-electron chi connectivity index (χ1n) is 8.89. The van der Waals surface area contributed by atoms with Crippen molar-refractivity contribution in [3.63, 3.8) is 0 Å². The SMILES string of the molecule is Cn1cnc2ccc(Nc3c(F)ccc(NS(=O)(=O)N4CC(F)C4)c3Cl)c(Cl)c2c1=O. The predicted octanol–water partition coefficient (Wildman–Crippen LogP) is 3.43. The first-order valence-corrected chi connectivity index (χ1v) is 11.1. The van der Waals surface area contributed by atoms with E-state index in [2.05, 4.69) is 15.0 Å². The first kappa shape index (κ1) is 21.8. The lowest BCUT2D eigenvalue weighted by molar-refractivity contribution is 0.142. The van der Waals surface area contributed by atoms with Crippen LogP contribution in [-0.2, 0) is 17.3 Å². The van der Waals surface area contributed by atoms with Crippen LogP contribution >= 0.6 is 23.2 Å². The Labute approximate surface area is 185 Å². The Hall–Kier alpha value is -2.47. The maximum Gasteiger partial charge on any atom is 0.301 e. The molecular weight excluding hydrogens is 475 g/mol. The third kappa shape index (κ3) is 3.93. The van der Waals surface area contributed by atoms with Gasteiger partial charge in [0.15, 0.2) is 0 Å². The summed E-state index contributed by atoms with van der Waals surface area (Å²) >= 11 is 12.6. The molecule has 1 aliphatic rings. The topological polar surface area (TPSA) is 96.3 Å². The maximum absolute atomic E-state index is 14.5. The van der Waals surface area contributed by atoms with E-state index in [9.17, 15) is 22.0 Å². The van der Waals surface area contributed by atoms with Gasteiger partial charge in [-0.15, -0.1) is 0 Å². The van der Waals surface area contributed by atoms with Crippen molar-refractivity contribution in [1.29, 1.82) is 0 Å². The summed E-state index contributed by atoms with van der Waals surface area (Å²) in [5.74, 6) is -0.782. The minimum atomic E-state index is -4.05. The van der Waals surface area contributed by atoms with Crippen LogP contribution in [-0.4, -0.2) is 41.5 Å². The number of aryl methyl sites for hydroxylation is 1. The van der Waals surface area contributed by atoms with E-state index in [0.717, 1.165) is 16.4 Å². The lowest BCUT2D eigenvalue weighted by atomic mass is 10.2. The van der Waals surface area contributed by atoms with E-state index < -0.39 is 27.8 Å². The zero-order valence-electron chi connectivity index (χ0n) is 15.9. The summed E-state index contributed by atoms with van der Waals surface area (Å²) in [6.07, 6.45) is 0.124. The Kier molecular flexibility index (Phi) is 5.54. The maximum atomic E-state index is 14.5. The van der Waals surface area contributed by atoms with Crippen molar-refractivity contribution in [2.75, 3.05) is 23.1 Å². The van der Waals surface area contributed by atoms with E-state index in [1.165, 1.54) is 30.1 Å². The van der Waals surface area contributed by atoms with Gasteiger partial charge in [-0.25, -0.2) is 13.8 Å². The quantitative estimate of drug-likeness (QED) is 0.572. The van der Waals surface area contributed by atoms with Gasteiger partial charge in [-0.05, 0) is 24.3 Å². The molecular formula is C18H15Cl2F2N5O3S. The molecule has 0 unspecified atom stereocenters. The molecule has 0 atom stereocenters. The second kappa shape index (κ2) is 7.90. The Balaban J connectivity index is 1.71. The van der Waals surface area contributed by atoms with Gasteiger partial charge in [-0.3, -0.25) is 9.52 Å². The van der Waals surface area contributed by atoms with Crippen LogP contribution in [0.1, 0.15) is 0 Å². The molecule has 8 nitrogen and oxygen atoms in total. The fraction of sp³-hybridized carbons (Fsp3) is 0.222. The summed E-state index contributed by atoms with van der Waals surface area (Å²) in [4.78, 5) is 16.5. The van der Waals surface area contributed by atoms with E-state index in [1.54, 1.807) is 0 Å². The van der Waals surface area contributed by atoms with E-state index in [4.69, 9.17) is 23.2 Å². The summed E-state index contributed by atoms with van der Waals surface area (Å²) in [7, 11) is -2.54. The van der Waals surface area contributed by atoms with Crippen LogP contribution in [0.3, 0.4) is 0 Å². The summed E-state index contributed by atoms with van der Waals surface area (Å²) in [6.45, 7) is -0.538. The van der Waals surface area contributed by atoms with Gasteiger partial charge < -0.3 is 9.88 Å². The normalized spacial score (nSPS) is 15.1. The molecule has 2 aromatic carbocycles. The van der Waals surface area contributed by atoms with Gasteiger partial charge in [0, 0.05) is 20.1 Å². The number of fused-ring (bicyclic) bond motifs is 1. The minimum absolute atomic E-state index is 0.00205. The van der Waals surface area contributed by atoms with Gasteiger partial charge in [0.25, 0.3) is 5.56 Å². The summed E-state index contributed by atoms with van der Waals surface area (Å²) < 4.78 is 56.5. The third-order valence-corrected chi connectivity index (χ3v) is 7.00.